The van der Waals surface area contributed by atoms with Gasteiger partial charge in [-0.3, -0.25) is 0 Å². The minimum absolute atomic E-state index is 0.0802. The van der Waals surface area contributed by atoms with E-state index in [0.717, 1.165) is 15.3 Å². The molecule has 20 heavy (non-hydrogen) atoms. The summed E-state index contributed by atoms with van der Waals surface area (Å²) in [5.41, 5.74) is 1.57. The molecule has 0 atom stereocenters. The minimum atomic E-state index is -0.449. The van der Waals surface area contributed by atoms with Crippen molar-refractivity contribution in [1.82, 2.24) is 15.4 Å². The second-order valence-corrected chi connectivity index (χ2v) is 5.42. The molecule has 1 aromatic carbocycles. The van der Waals surface area contributed by atoms with E-state index in [4.69, 9.17) is 16.9 Å². The number of aromatic amines is 1. The third-order valence-electron chi connectivity index (χ3n) is 2.70. The lowest BCUT2D eigenvalue weighted by molar-refractivity contribution is 0.628. The predicted molar refractivity (Wildman–Crippen MR) is 74.8 cm³/mol. The molecule has 3 rings (SSSR count). The van der Waals surface area contributed by atoms with Crippen molar-refractivity contribution in [3.8, 4) is 27.1 Å². The highest BCUT2D eigenvalue weighted by Crippen LogP contribution is 2.35. The van der Waals surface area contributed by atoms with Crippen molar-refractivity contribution in [3.63, 3.8) is 0 Å². The molecular weight excluding hydrogens is 299 g/mol. The van der Waals surface area contributed by atoms with Crippen LogP contribution in [0, 0.1) is 17.1 Å². The molecule has 0 spiro atoms. The number of nitriles is 1. The van der Waals surface area contributed by atoms with Gasteiger partial charge in [0.1, 0.15) is 17.6 Å². The molecule has 1 N–H and O–H groups in total. The monoisotopic (exact) mass is 304 g/mol. The fourth-order valence-electron chi connectivity index (χ4n) is 1.75. The number of thiophene rings is 1. The first-order valence-electron chi connectivity index (χ1n) is 5.55. The van der Waals surface area contributed by atoms with Crippen LogP contribution < -0.4 is 0 Å². The average molecular weight is 305 g/mol. The smallest absolute Gasteiger partial charge is 0.191 e. The molecule has 98 valence electrons. The van der Waals surface area contributed by atoms with Crippen LogP contribution in [0.5, 0.6) is 0 Å². The van der Waals surface area contributed by atoms with E-state index in [1.54, 1.807) is 12.1 Å². The van der Waals surface area contributed by atoms with Crippen molar-refractivity contribution < 1.29 is 4.39 Å². The van der Waals surface area contributed by atoms with E-state index in [2.05, 4.69) is 15.4 Å². The maximum absolute atomic E-state index is 13.2. The molecule has 0 saturated heterocycles. The van der Waals surface area contributed by atoms with Crippen LogP contribution in [0.15, 0.2) is 30.3 Å². The Labute approximate surface area is 122 Å². The van der Waals surface area contributed by atoms with Gasteiger partial charge in [-0.05, 0) is 29.8 Å². The molecule has 0 fully saturated rings. The van der Waals surface area contributed by atoms with Crippen molar-refractivity contribution in [3.05, 3.63) is 46.9 Å². The quantitative estimate of drug-likeness (QED) is 0.781. The van der Waals surface area contributed by atoms with Crippen molar-refractivity contribution in [2.75, 3.05) is 0 Å². The topological polar surface area (TPSA) is 65.4 Å². The summed E-state index contributed by atoms with van der Waals surface area (Å²) in [5, 5.41) is 19.2. The van der Waals surface area contributed by atoms with Crippen molar-refractivity contribution >= 4 is 22.9 Å². The van der Waals surface area contributed by atoms with E-state index in [1.807, 2.05) is 18.2 Å². The van der Waals surface area contributed by atoms with Crippen molar-refractivity contribution in [2.24, 2.45) is 0 Å². The molecule has 4 nitrogen and oxygen atoms in total. The van der Waals surface area contributed by atoms with E-state index in [1.165, 1.54) is 17.4 Å². The van der Waals surface area contributed by atoms with Crippen LogP contribution in [-0.2, 0) is 0 Å². The third-order valence-corrected chi connectivity index (χ3v) is 4.13. The molecular formula is C13H6ClFN4S. The molecule has 3 aromatic rings. The predicted octanol–water partition coefficient (Wildman–Crippen LogP) is 3.86. The summed E-state index contributed by atoms with van der Waals surface area (Å²) in [6.07, 6.45) is 0. The largest absolute Gasteiger partial charge is 0.205 e. The minimum Gasteiger partial charge on any atom is -0.205 e. The number of nitrogens with one attached hydrogen (secondary N) is 1. The van der Waals surface area contributed by atoms with Crippen LogP contribution in [0.25, 0.3) is 21.0 Å². The molecule has 2 heterocycles. The molecule has 0 amide bonds. The lowest BCUT2D eigenvalue weighted by atomic mass is 10.2. The number of nitrogens with zero attached hydrogens (tertiary/aromatic N) is 3. The Hall–Kier alpha value is -2.23. The molecule has 0 bridgehead atoms. The first-order chi connectivity index (χ1) is 9.69. The Morgan fingerprint density at radius 1 is 1.20 bits per heavy atom. The Kier molecular flexibility index (Phi) is 3.22. The molecule has 0 saturated carbocycles. The van der Waals surface area contributed by atoms with Gasteiger partial charge >= 0.3 is 0 Å². The summed E-state index contributed by atoms with van der Waals surface area (Å²) in [5.74, 6) is -0.449. The van der Waals surface area contributed by atoms with E-state index >= 15 is 0 Å². The second kappa shape index (κ2) is 5.04. The molecule has 0 unspecified atom stereocenters. The Bertz CT molecular complexity index is 818. The van der Waals surface area contributed by atoms with Gasteiger partial charge < -0.3 is 0 Å². The highest BCUT2D eigenvalue weighted by Gasteiger charge is 2.13. The average Bonchev–Trinajstić information content (AvgIpc) is 3.09. The normalized spacial score (nSPS) is 10.4. The van der Waals surface area contributed by atoms with Crippen LogP contribution in [0.3, 0.4) is 0 Å². The van der Waals surface area contributed by atoms with Gasteiger partial charge in [-0.2, -0.15) is 15.6 Å². The van der Waals surface area contributed by atoms with Crippen LogP contribution in [0.2, 0.25) is 5.02 Å². The van der Waals surface area contributed by atoms with E-state index in [9.17, 15) is 4.39 Å². The van der Waals surface area contributed by atoms with E-state index in [-0.39, 0.29) is 10.7 Å². The zero-order valence-electron chi connectivity index (χ0n) is 9.89. The summed E-state index contributed by atoms with van der Waals surface area (Å²) in [6.45, 7) is 0. The van der Waals surface area contributed by atoms with Gasteiger partial charge in [-0.15, -0.1) is 16.4 Å². The fourth-order valence-corrected chi connectivity index (χ4v) is 2.92. The number of rotatable bonds is 2. The van der Waals surface area contributed by atoms with Gasteiger partial charge in [-0.1, -0.05) is 17.7 Å². The number of halogens is 2. The molecule has 0 radical (unpaired) electrons. The Morgan fingerprint density at radius 2 is 2.00 bits per heavy atom. The fraction of sp³-hybridized carbons (Fsp3) is 0. The highest BCUT2D eigenvalue weighted by atomic mass is 35.5. The lowest BCUT2D eigenvalue weighted by Gasteiger charge is -1.99. The first kappa shape index (κ1) is 12.8. The molecule has 0 aliphatic carbocycles. The number of H-pyrrole nitrogens is 1. The molecule has 7 heteroatoms. The number of hydrogen-bond donors (Lipinski definition) is 1. The molecule has 2 aromatic heterocycles. The van der Waals surface area contributed by atoms with Crippen LogP contribution in [0.4, 0.5) is 4.39 Å². The van der Waals surface area contributed by atoms with Gasteiger partial charge in [0, 0.05) is 4.88 Å². The Balaban J connectivity index is 2.02. The zero-order valence-corrected chi connectivity index (χ0v) is 11.5. The van der Waals surface area contributed by atoms with Gasteiger partial charge in [0.05, 0.1) is 9.90 Å². The first-order valence-corrected chi connectivity index (χ1v) is 6.75. The maximum atomic E-state index is 13.2. The number of hydrogen-bond acceptors (Lipinski definition) is 4. The third kappa shape index (κ3) is 2.18. The van der Waals surface area contributed by atoms with Gasteiger partial charge in [-0.25, -0.2) is 4.39 Å². The van der Waals surface area contributed by atoms with Gasteiger partial charge in [0.2, 0.25) is 0 Å². The Morgan fingerprint density at radius 3 is 2.75 bits per heavy atom. The molecule has 0 aliphatic heterocycles. The van der Waals surface area contributed by atoms with Crippen LogP contribution in [-0.4, -0.2) is 15.4 Å². The van der Waals surface area contributed by atoms with E-state index in [0.29, 0.717) is 5.69 Å². The zero-order chi connectivity index (χ0) is 14.1. The number of aromatic nitrogens is 3. The van der Waals surface area contributed by atoms with E-state index < -0.39 is 5.82 Å². The standard InChI is InChI=1S/C13H6ClFN4S/c14-8-5-7(1-2-9(8)15)11-3-4-12(20-11)13-10(6-16)17-19-18-13/h1-5H,(H,17,18,19). The second-order valence-electron chi connectivity index (χ2n) is 3.93. The summed E-state index contributed by atoms with van der Waals surface area (Å²) in [7, 11) is 0. The van der Waals surface area contributed by atoms with Crippen molar-refractivity contribution in [1.29, 1.82) is 5.26 Å². The summed E-state index contributed by atoms with van der Waals surface area (Å²) >= 11 is 7.21. The molecule has 0 aliphatic rings. The van der Waals surface area contributed by atoms with Crippen LogP contribution >= 0.6 is 22.9 Å². The summed E-state index contributed by atoms with van der Waals surface area (Å²) in [4.78, 5) is 1.72. The van der Waals surface area contributed by atoms with Gasteiger partial charge in [0.15, 0.2) is 5.69 Å². The lowest BCUT2D eigenvalue weighted by Crippen LogP contribution is -1.78. The summed E-state index contributed by atoms with van der Waals surface area (Å²) in [6, 6.07) is 10.2. The van der Waals surface area contributed by atoms with Crippen LogP contribution in [0.1, 0.15) is 5.69 Å². The van der Waals surface area contributed by atoms with Gasteiger partial charge in [0.25, 0.3) is 0 Å². The number of benzene rings is 1. The SMILES string of the molecule is N#Cc1n[nH]nc1-c1ccc(-c2ccc(F)c(Cl)c2)s1. The highest BCUT2D eigenvalue weighted by molar-refractivity contribution is 7.18. The maximum Gasteiger partial charge on any atom is 0.191 e. The summed E-state index contributed by atoms with van der Waals surface area (Å²) < 4.78 is 13.2. The van der Waals surface area contributed by atoms with Crippen molar-refractivity contribution in [2.45, 2.75) is 0 Å².